The van der Waals surface area contributed by atoms with Crippen molar-refractivity contribution in [3.05, 3.63) is 29.1 Å². The van der Waals surface area contributed by atoms with Gasteiger partial charge >= 0.3 is 5.97 Å². The maximum Gasteiger partial charge on any atom is 0.341 e. The number of carbonyl (C=O) groups excluding carboxylic acids is 1. The highest BCUT2D eigenvalue weighted by Crippen LogP contribution is 2.22. The molecule has 1 rings (SSSR count). The third kappa shape index (κ3) is 3.15. The molecule has 100 valence electrons. The second-order valence-electron chi connectivity index (χ2n) is 3.79. The molecular weight excluding hydrogens is 247 g/mol. The maximum atomic E-state index is 13.4. The van der Waals surface area contributed by atoms with E-state index in [9.17, 15) is 18.0 Å². The van der Waals surface area contributed by atoms with Crippen LogP contribution in [0.15, 0.2) is 6.07 Å². The predicted octanol–water partition coefficient (Wildman–Crippen LogP) is 3.03. The Morgan fingerprint density at radius 1 is 1.28 bits per heavy atom. The van der Waals surface area contributed by atoms with Gasteiger partial charge in [0.15, 0.2) is 17.5 Å². The number of ether oxygens (including phenoxy) is 1. The molecule has 0 fully saturated rings. The first kappa shape index (κ1) is 14.3. The van der Waals surface area contributed by atoms with Gasteiger partial charge in [0, 0.05) is 0 Å². The number of benzene rings is 1. The van der Waals surface area contributed by atoms with Gasteiger partial charge in [0.2, 0.25) is 0 Å². The van der Waals surface area contributed by atoms with Crippen LogP contribution in [0.2, 0.25) is 0 Å². The second-order valence-corrected chi connectivity index (χ2v) is 3.79. The Labute approximate surface area is 103 Å². The summed E-state index contributed by atoms with van der Waals surface area (Å²) in [6.45, 7) is 2.07. The lowest BCUT2D eigenvalue weighted by Crippen LogP contribution is -2.12. The molecule has 0 aromatic heterocycles. The molecule has 2 N–H and O–H groups in total. The number of hydrogen-bond donors (Lipinski definition) is 1. The fourth-order valence-electron chi connectivity index (χ4n) is 1.37. The number of rotatable bonds is 5. The molecule has 0 saturated heterocycles. The number of anilines is 1. The second kappa shape index (κ2) is 6.28. The molecule has 0 aliphatic rings. The molecule has 0 atom stereocenters. The van der Waals surface area contributed by atoms with E-state index in [0.717, 1.165) is 12.8 Å². The SMILES string of the molecule is CCCCCOC(=O)c1cc(F)c(F)c(N)c1F. The number of unbranched alkanes of at least 4 members (excludes halogenated alkanes) is 2. The van der Waals surface area contributed by atoms with Gasteiger partial charge in [0.25, 0.3) is 0 Å². The van der Waals surface area contributed by atoms with Crippen molar-refractivity contribution in [2.24, 2.45) is 0 Å². The molecule has 0 amide bonds. The summed E-state index contributed by atoms with van der Waals surface area (Å²) in [6.07, 6.45) is 2.42. The number of esters is 1. The Balaban J connectivity index is 2.80. The third-order valence-corrected chi connectivity index (χ3v) is 2.39. The van der Waals surface area contributed by atoms with Crippen LogP contribution in [0.3, 0.4) is 0 Å². The quantitative estimate of drug-likeness (QED) is 0.383. The smallest absolute Gasteiger partial charge is 0.341 e. The number of nitrogens with two attached hydrogens (primary N) is 1. The van der Waals surface area contributed by atoms with Crippen LogP contribution in [0.5, 0.6) is 0 Å². The lowest BCUT2D eigenvalue weighted by atomic mass is 10.1. The molecule has 1 aromatic carbocycles. The van der Waals surface area contributed by atoms with Gasteiger partial charge in [-0.1, -0.05) is 19.8 Å². The van der Waals surface area contributed by atoms with Crippen LogP contribution in [0.4, 0.5) is 18.9 Å². The molecule has 0 unspecified atom stereocenters. The van der Waals surface area contributed by atoms with Crippen molar-refractivity contribution in [1.82, 2.24) is 0 Å². The largest absolute Gasteiger partial charge is 0.462 e. The molecule has 0 aliphatic carbocycles. The highest BCUT2D eigenvalue weighted by atomic mass is 19.2. The lowest BCUT2D eigenvalue weighted by Gasteiger charge is -2.08. The molecule has 0 spiro atoms. The minimum absolute atomic E-state index is 0.102. The third-order valence-electron chi connectivity index (χ3n) is 2.39. The van der Waals surface area contributed by atoms with Crippen molar-refractivity contribution in [2.45, 2.75) is 26.2 Å². The number of halogens is 3. The Hall–Kier alpha value is -1.72. The summed E-state index contributed by atoms with van der Waals surface area (Å²) in [6, 6.07) is 0.448. The number of nitrogen functional groups attached to an aromatic ring is 1. The summed E-state index contributed by atoms with van der Waals surface area (Å²) in [4.78, 5) is 11.4. The van der Waals surface area contributed by atoms with Gasteiger partial charge in [-0.15, -0.1) is 0 Å². The van der Waals surface area contributed by atoms with Crippen molar-refractivity contribution in [3.63, 3.8) is 0 Å². The molecule has 3 nitrogen and oxygen atoms in total. The van der Waals surface area contributed by atoms with Gasteiger partial charge in [-0.2, -0.15) is 0 Å². The van der Waals surface area contributed by atoms with E-state index in [4.69, 9.17) is 10.5 Å². The van der Waals surface area contributed by atoms with Crippen LogP contribution in [0.1, 0.15) is 36.5 Å². The van der Waals surface area contributed by atoms with Crippen LogP contribution in [0.25, 0.3) is 0 Å². The predicted molar refractivity (Wildman–Crippen MR) is 60.5 cm³/mol. The highest BCUT2D eigenvalue weighted by molar-refractivity contribution is 5.90. The standard InChI is InChI=1S/C12H14F3NO2/c1-2-3-4-5-18-12(17)7-6-8(13)10(15)11(16)9(7)14/h6H,2-5,16H2,1H3. The molecule has 0 saturated carbocycles. The molecular formula is C12H14F3NO2. The zero-order chi connectivity index (χ0) is 13.7. The van der Waals surface area contributed by atoms with Gasteiger partial charge in [-0.05, 0) is 12.5 Å². The average molecular weight is 261 g/mol. The normalized spacial score (nSPS) is 10.4. The summed E-state index contributed by atoms with van der Waals surface area (Å²) in [5, 5.41) is 0. The number of hydrogen-bond acceptors (Lipinski definition) is 3. The van der Waals surface area contributed by atoms with Crippen LogP contribution in [0, 0.1) is 17.5 Å². The Bertz CT molecular complexity index is 449. The molecule has 0 radical (unpaired) electrons. The van der Waals surface area contributed by atoms with E-state index in [1.807, 2.05) is 6.92 Å². The van der Waals surface area contributed by atoms with E-state index in [1.54, 1.807) is 0 Å². The van der Waals surface area contributed by atoms with Gasteiger partial charge in [0.1, 0.15) is 11.3 Å². The van der Waals surface area contributed by atoms with E-state index >= 15 is 0 Å². The Kier molecular flexibility index (Phi) is 5.00. The Morgan fingerprint density at radius 3 is 2.56 bits per heavy atom. The molecule has 1 aromatic rings. The maximum absolute atomic E-state index is 13.4. The first-order chi connectivity index (χ1) is 8.49. The molecule has 0 bridgehead atoms. The molecule has 0 heterocycles. The van der Waals surface area contributed by atoms with Gasteiger partial charge < -0.3 is 10.5 Å². The topological polar surface area (TPSA) is 52.3 Å². The summed E-state index contributed by atoms with van der Waals surface area (Å²) in [7, 11) is 0. The minimum Gasteiger partial charge on any atom is -0.462 e. The zero-order valence-corrected chi connectivity index (χ0v) is 9.93. The fourth-order valence-corrected chi connectivity index (χ4v) is 1.37. The van der Waals surface area contributed by atoms with E-state index in [-0.39, 0.29) is 6.61 Å². The number of carbonyl (C=O) groups is 1. The summed E-state index contributed by atoms with van der Waals surface area (Å²) in [5.41, 5.74) is 3.29. The van der Waals surface area contributed by atoms with Crippen molar-refractivity contribution < 1.29 is 22.7 Å². The van der Waals surface area contributed by atoms with Gasteiger partial charge in [-0.3, -0.25) is 0 Å². The summed E-state index contributed by atoms with van der Waals surface area (Å²) < 4.78 is 44.1. The highest BCUT2D eigenvalue weighted by Gasteiger charge is 2.21. The van der Waals surface area contributed by atoms with Crippen LogP contribution in [-0.4, -0.2) is 12.6 Å². The summed E-state index contributed by atoms with van der Waals surface area (Å²) >= 11 is 0. The summed E-state index contributed by atoms with van der Waals surface area (Å²) in [5.74, 6) is -5.23. The molecule has 6 heteroatoms. The zero-order valence-electron chi connectivity index (χ0n) is 9.93. The van der Waals surface area contributed by atoms with E-state index in [0.29, 0.717) is 12.5 Å². The Morgan fingerprint density at radius 2 is 1.94 bits per heavy atom. The van der Waals surface area contributed by atoms with Gasteiger partial charge in [0.05, 0.1) is 6.61 Å². The monoisotopic (exact) mass is 261 g/mol. The fraction of sp³-hybridized carbons (Fsp3) is 0.417. The van der Waals surface area contributed by atoms with Crippen molar-refractivity contribution in [1.29, 1.82) is 0 Å². The van der Waals surface area contributed by atoms with Crippen LogP contribution >= 0.6 is 0 Å². The van der Waals surface area contributed by atoms with E-state index < -0.39 is 34.7 Å². The van der Waals surface area contributed by atoms with E-state index in [1.165, 1.54) is 0 Å². The first-order valence-electron chi connectivity index (χ1n) is 5.59. The minimum atomic E-state index is -1.50. The van der Waals surface area contributed by atoms with E-state index in [2.05, 4.69) is 0 Å². The molecule has 0 aliphatic heterocycles. The average Bonchev–Trinajstić information content (AvgIpc) is 2.36. The van der Waals surface area contributed by atoms with Crippen molar-refractivity contribution in [2.75, 3.05) is 12.3 Å². The lowest BCUT2D eigenvalue weighted by molar-refractivity contribution is 0.0492. The van der Waals surface area contributed by atoms with Gasteiger partial charge in [-0.25, -0.2) is 18.0 Å². The van der Waals surface area contributed by atoms with Crippen molar-refractivity contribution in [3.8, 4) is 0 Å². The first-order valence-corrected chi connectivity index (χ1v) is 5.59. The van der Waals surface area contributed by atoms with Crippen molar-refractivity contribution >= 4 is 11.7 Å². The van der Waals surface area contributed by atoms with Crippen LogP contribution in [-0.2, 0) is 4.74 Å². The van der Waals surface area contributed by atoms with Crippen LogP contribution < -0.4 is 5.73 Å². The molecule has 18 heavy (non-hydrogen) atoms.